The molecule has 0 aliphatic carbocycles. The molecule has 0 aliphatic heterocycles. The Morgan fingerprint density at radius 1 is 0.536 bits per heavy atom. The van der Waals surface area contributed by atoms with E-state index >= 15 is 0 Å². The third-order valence-electron chi connectivity index (χ3n) is 1.64. The number of rotatable bonds is 2. The van der Waals surface area contributed by atoms with E-state index in [4.69, 9.17) is 0 Å². The van der Waals surface area contributed by atoms with E-state index in [2.05, 4.69) is 0 Å². The Bertz CT molecular complexity index is 530. The summed E-state index contributed by atoms with van der Waals surface area (Å²) in [5, 5.41) is 19.6. The van der Waals surface area contributed by atoms with Crippen molar-refractivity contribution in [2.75, 3.05) is 0 Å². The van der Waals surface area contributed by atoms with E-state index in [9.17, 15) is 72.5 Å². The van der Waals surface area contributed by atoms with Crippen LogP contribution in [0.25, 0.3) is 0 Å². The van der Waals surface area contributed by atoms with Gasteiger partial charge < -0.3 is 15.7 Å². The normalized spacial score (nSPS) is 13.4. The molecule has 0 aromatic carbocycles. The van der Waals surface area contributed by atoms with Crippen molar-refractivity contribution in [2.24, 2.45) is 0 Å². The van der Waals surface area contributed by atoms with Crippen LogP contribution < -0.4 is 10.2 Å². The number of alkyl halides is 12. The number of hydrogen-bond donors (Lipinski definition) is 0. The van der Waals surface area contributed by atoms with Crippen LogP contribution in [0.5, 0.6) is 0 Å². The van der Waals surface area contributed by atoms with Crippen molar-refractivity contribution < 1.29 is 94.7 Å². The molecule has 0 saturated carbocycles. The average Bonchev–Trinajstić information content (AvgIpc) is 2.34. The molecule has 0 fully saturated rings. The van der Waals surface area contributed by atoms with Crippen molar-refractivity contribution in [3.8, 4) is 0 Å². The van der Waals surface area contributed by atoms with E-state index in [1.807, 2.05) is 0 Å². The summed E-state index contributed by atoms with van der Waals surface area (Å²) >= 11 is 0. The Morgan fingerprint density at radius 3 is 0.821 bits per heavy atom. The van der Waals surface area contributed by atoms with Gasteiger partial charge in [-0.1, -0.05) is 0 Å². The molecule has 0 aromatic heterocycles. The molecular formula is C10H4CoF12O5. The quantitative estimate of drug-likeness (QED) is 0.327. The zero-order valence-corrected chi connectivity index (χ0v) is 13.2. The van der Waals surface area contributed by atoms with Crippen molar-refractivity contribution in [3.05, 3.63) is 23.7 Å². The summed E-state index contributed by atoms with van der Waals surface area (Å²) in [6.45, 7) is 0. The Labute approximate surface area is 155 Å². The van der Waals surface area contributed by atoms with Crippen molar-refractivity contribution in [1.82, 2.24) is 0 Å². The first-order chi connectivity index (χ1) is 11.1. The molecular weight excluding hydrogens is 487 g/mol. The molecule has 0 unspecified atom stereocenters. The van der Waals surface area contributed by atoms with E-state index in [1.54, 1.807) is 0 Å². The third-order valence-corrected chi connectivity index (χ3v) is 1.64. The fraction of sp³-hybridized carbons (Fsp3) is 0.400. The van der Waals surface area contributed by atoms with Gasteiger partial charge in [0.2, 0.25) is 0 Å². The Balaban J connectivity index is -0.000000192. The number of hydrogen-bond acceptors (Lipinski definition) is 4. The molecule has 5 nitrogen and oxygen atoms in total. The topological polar surface area (TPSA) is 112 Å². The van der Waals surface area contributed by atoms with E-state index < -0.39 is 59.9 Å². The molecule has 0 heterocycles. The Kier molecular flexibility index (Phi) is 13.4. The molecule has 18 heteroatoms. The fourth-order valence-corrected chi connectivity index (χ4v) is 0.565. The SMILES string of the molecule is O.O=C(/C=C(\[O-])C(F)(F)F)C(F)(F)F.O=C(/C=C(\[O-])C(F)(F)F)C(F)(F)F.[Co+2]. The van der Waals surface area contributed by atoms with E-state index in [-0.39, 0.29) is 22.3 Å². The Morgan fingerprint density at radius 2 is 0.714 bits per heavy atom. The van der Waals surface area contributed by atoms with Gasteiger partial charge in [-0.2, -0.15) is 52.7 Å². The number of ketones is 2. The van der Waals surface area contributed by atoms with Crippen LogP contribution in [0, 0.1) is 0 Å². The average molecular weight is 491 g/mol. The monoisotopic (exact) mass is 491 g/mol. The molecule has 0 aliphatic rings. The molecule has 0 aromatic rings. The van der Waals surface area contributed by atoms with Gasteiger partial charge in [0.1, 0.15) is 0 Å². The van der Waals surface area contributed by atoms with Crippen molar-refractivity contribution in [2.45, 2.75) is 24.7 Å². The van der Waals surface area contributed by atoms with Gasteiger partial charge in [-0.15, -0.1) is 0 Å². The van der Waals surface area contributed by atoms with E-state index in [0.717, 1.165) is 0 Å². The third kappa shape index (κ3) is 14.1. The van der Waals surface area contributed by atoms with Gasteiger partial charge in [0.05, 0.1) is 0 Å². The van der Waals surface area contributed by atoms with Crippen molar-refractivity contribution in [1.29, 1.82) is 0 Å². The summed E-state index contributed by atoms with van der Waals surface area (Å²) in [6, 6.07) is 0. The molecule has 28 heavy (non-hydrogen) atoms. The maximum Gasteiger partial charge on any atom is 2.00 e. The Hall–Kier alpha value is -1.95. The van der Waals surface area contributed by atoms with E-state index in [1.165, 1.54) is 0 Å². The predicted octanol–water partition coefficient (Wildman–Crippen LogP) is 1.02. The van der Waals surface area contributed by atoms with Gasteiger partial charge in [-0.05, 0) is 23.7 Å². The minimum absolute atomic E-state index is 0. The summed E-state index contributed by atoms with van der Waals surface area (Å²) in [5.74, 6) is -11.3. The minimum atomic E-state index is -5.46. The zero-order chi connectivity index (χ0) is 21.7. The molecule has 1 radical (unpaired) electrons. The zero-order valence-electron chi connectivity index (χ0n) is 12.2. The number of carbonyl (C=O) groups is 2. The maximum atomic E-state index is 11.3. The first kappa shape index (κ1) is 33.6. The second kappa shape index (κ2) is 11.1. The minimum Gasteiger partial charge on any atom is -0.869 e. The van der Waals surface area contributed by atoms with Crippen LogP contribution >= 0.6 is 0 Å². The predicted molar refractivity (Wildman–Crippen MR) is 54.0 cm³/mol. The molecule has 0 saturated heterocycles. The van der Waals surface area contributed by atoms with Gasteiger partial charge in [0.15, 0.2) is 0 Å². The van der Waals surface area contributed by atoms with Gasteiger partial charge in [-0.3, -0.25) is 9.59 Å². The van der Waals surface area contributed by atoms with Crippen LogP contribution in [0.4, 0.5) is 52.7 Å². The second-order valence-corrected chi connectivity index (χ2v) is 3.74. The van der Waals surface area contributed by atoms with Crippen molar-refractivity contribution in [3.63, 3.8) is 0 Å². The van der Waals surface area contributed by atoms with Gasteiger partial charge >= 0.3 is 41.5 Å². The van der Waals surface area contributed by atoms with Gasteiger partial charge in [-0.25, -0.2) is 0 Å². The van der Waals surface area contributed by atoms with Gasteiger partial charge in [0.25, 0.3) is 11.6 Å². The van der Waals surface area contributed by atoms with E-state index in [0.29, 0.717) is 0 Å². The van der Waals surface area contributed by atoms with Crippen LogP contribution in [0.1, 0.15) is 0 Å². The summed E-state index contributed by atoms with van der Waals surface area (Å²) in [6.07, 6.45) is -23.9. The summed E-state index contributed by atoms with van der Waals surface area (Å²) < 4.78 is 136. The van der Waals surface area contributed by atoms with Crippen LogP contribution in [0.3, 0.4) is 0 Å². The van der Waals surface area contributed by atoms with Crippen LogP contribution in [0.15, 0.2) is 23.7 Å². The van der Waals surface area contributed by atoms with Crippen LogP contribution in [-0.2, 0) is 26.4 Å². The van der Waals surface area contributed by atoms with Crippen molar-refractivity contribution >= 4 is 11.6 Å². The number of halogens is 12. The largest absolute Gasteiger partial charge is 2.00 e. The molecule has 167 valence electrons. The molecule has 0 amide bonds. The molecule has 2 N–H and O–H groups in total. The van der Waals surface area contributed by atoms with Gasteiger partial charge in [0, 0.05) is 0 Å². The molecule has 0 bridgehead atoms. The maximum absolute atomic E-state index is 11.3. The smallest absolute Gasteiger partial charge is 0.869 e. The number of allylic oxidation sites excluding steroid dienone is 4. The molecule has 0 spiro atoms. The standard InChI is InChI=1S/2C5H2F6O2.Co.H2O/c2*6-4(7,8)2(12)1-3(13)5(9,10)11;;/h2*1,12H;;1H2/q;;+2;/p-2/b2*2-1-;;. The van der Waals surface area contributed by atoms with Crippen LogP contribution in [0.2, 0.25) is 0 Å². The first-order valence-electron chi connectivity index (χ1n) is 5.24. The van der Waals surface area contributed by atoms with Crippen LogP contribution in [-0.4, -0.2) is 41.7 Å². The summed E-state index contributed by atoms with van der Waals surface area (Å²) in [4.78, 5) is 19.6. The summed E-state index contributed by atoms with van der Waals surface area (Å²) in [5.41, 5.74) is 0. The number of carbonyl (C=O) groups excluding carboxylic acids is 2. The molecule has 0 atom stereocenters. The fourth-order valence-electron chi connectivity index (χ4n) is 0.565. The second-order valence-electron chi connectivity index (χ2n) is 3.74. The first-order valence-corrected chi connectivity index (χ1v) is 5.24. The molecule has 0 rings (SSSR count). The summed E-state index contributed by atoms with van der Waals surface area (Å²) in [7, 11) is 0.